The molecule has 0 fully saturated rings. The van der Waals surface area contributed by atoms with Crippen LogP contribution in [0.15, 0.2) is 18.2 Å². The lowest BCUT2D eigenvalue weighted by atomic mass is 10.1. The normalized spacial score (nSPS) is 12.6. The highest BCUT2D eigenvalue weighted by Crippen LogP contribution is 2.26. The molecule has 0 amide bonds. The lowest BCUT2D eigenvalue weighted by molar-refractivity contribution is 0.199. The SMILES string of the molecule is CC(O)c1cc(F)ccc1N(C)CCO. The first-order valence-corrected chi connectivity index (χ1v) is 4.85. The van der Waals surface area contributed by atoms with Gasteiger partial charge in [0, 0.05) is 24.8 Å². The van der Waals surface area contributed by atoms with Gasteiger partial charge in [-0.15, -0.1) is 0 Å². The number of hydrogen-bond donors (Lipinski definition) is 2. The molecule has 0 aromatic heterocycles. The standard InChI is InChI=1S/C11H16FNO2/c1-8(15)10-7-9(12)3-4-11(10)13(2)5-6-14/h3-4,7-8,14-15H,5-6H2,1-2H3. The maximum absolute atomic E-state index is 13.0. The molecule has 0 spiro atoms. The largest absolute Gasteiger partial charge is 0.395 e. The lowest BCUT2D eigenvalue weighted by Crippen LogP contribution is -2.22. The second kappa shape index (κ2) is 5.09. The number of benzene rings is 1. The summed E-state index contributed by atoms with van der Waals surface area (Å²) in [5.74, 6) is -0.368. The summed E-state index contributed by atoms with van der Waals surface area (Å²) in [5.41, 5.74) is 1.27. The van der Waals surface area contributed by atoms with Gasteiger partial charge in [0.05, 0.1) is 12.7 Å². The summed E-state index contributed by atoms with van der Waals surface area (Å²) >= 11 is 0. The van der Waals surface area contributed by atoms with E-state index in [1.807, 2.05) is 0 Å². The molecule has 1 atom stereocenters. The zero-order valence-electron chi connectivity index (χ0n) is 8.94. The predicted octanol–water partition coefficient (Wildman–Crippen LogP) is 1.31. The Kier molecular flexibility index (Phi) is 4.05. The Morgan fingerprint density at radius 3 is 2.67 bits per heavy atom. The van der Waals surface area contributed by atoms with Crippen molar-refractivity contribution in [3.8, 4) is 0 Å². The number of likely N-dealkylation sites (N-methyl/N-ethyl adjacent to an activating group) is 1. The van der Waals surface area contributed by atoms with Crippen LogP contribution < -0.4 is 4.90 Å². The third-order valence-electron chi connectivity index (χ3n) is 2.29. The Morgan fingerprint density at radius 2 is 2.13 bits per heavy atom. The summed E-state index contributed by atoms with van der Waals surface area (Å²) in [4.78, 5) is 1.78. The number of aliphatic hydroxyl groups excluding tert-OH is 2. The summed E-state index contributed by atoms with van der Waals surface area (Å²) in [6.07, 6.45) is -0.725. The van der Waals surface area contributed by atoms with Crippen LogP contribution in [0.1, 0.15) is 18.6 Å². The molecular formula is C11H16FNO2. The van der Waals surface area contributed by atoms with Crippen molar-refractivity contribution in [2.75, 3.05) is 25.1 Å². The lowest BCUT2D eigenvalue weighted by Gasteiger charge is -2.22. The Balaban J connectivity index is 3.05. The van der Waals surface area contributed by atoms with Crippen molar-refractivity contribution in [3.63, 3.8) is 0 Å². The average Bonchev–Trinajstić information content (AvgIpc) is 2.17. The van der Waals surface area contributed by atoms with E-state index in [0.29, 0.717) is 12.1 Å². The average molecular weight is 213 g/mol. The second-order valence-electron chi connectivity index (χ2n) is 3.52. The molecule has 1 unspecified atom stereocenters. The summed E-state index contributed by atoms with van der Waals surface area (Å²) < 4.78 is 13.0. The Morgan fingerprint density at radius 1 is 1.47 bits per heavy atom. The molecule has 0 bridgehead atoms. The van der Waals surface area contributed by atoms with E-state index in [2.05, 4.69) is 0 Å². The molecule has 2 N–H and O–H groups in total. The molecule has 0 saturated heterocycles. The van der Waals surface area contributed by atoms with Crippen molar-refractivity contribution in [2.45, 2.75) is 13.0 Å². The third kappa shape index (κ3) is 2.91. The van der Waals surface area contributed by atoms with Gasteiger partial charge in [-0.1, -0.05) is 0 Å². The molecule has 4 heteroatoms. The van der Waals surface area contributed by atoms with E-state index in [-0.39, 0.29) is 12.4 Å². The fourth-order valence-electron chi connectivity index (χ4n) is 1.48. The predicted molar refractivity (Wildman–Crippen MR) is 57.4 cm³/mol. The highest BCUT2D eigenvalue weighted by Gasteiger charge is 2.12. The van der Waals surface area contributed by atoms with Crippen LogP contribution in [0.25, 0.3) is 0 Å². The minimum absolute atomic E-state index is 0.0210. The first kappa shape index (κ1) is 11.9. The summed E-state index contributed by atoms with van der Waals surface area (Å²) in [6.45, 7) is 2.06. The molecule has 0 heterocycles. The molecule has 15 heavy (non-hydrogen) atoms. The van der Waals surface area contributed by atoms with Gasteiger partial charge in [0.25, 0.3) is 0 Å². The van der Waals surface area contributed by atoms with E-state index in [1.54, 1.807) is 24.9 Å². The van der Waals surface area contributed by atoms with Crippen LogP contribution >= 0.6 is 0 Å². The summed E-state index contributed by atoms with van der Waals surface area (Å²) in [7, 11) is 1.79. The highest BCUT2D eigenvalue weighted by molar-refractivity contribution is 5.54. The van der Waals surface area contributed by atoms with Gasteiger partial charge in [-0.2, -0.15) is 0 Å². The van der Waals surface area contributed by atoms with Gasteiger partial charge >= 0.3 is 0 Å². The molecule has 0 radical (unpaired) electrons. The van der Waals surface area contributed by atoms with Crippen LogP contribution in [0.5, 0.6) is 0 Å². The van der Waals surface area contributed by atoms with Gasteiger partial charge in [0.1, 0.15) is 5.82 Å². The maximum atomic E-state index is 13.0. The summed E-state index contributed by atoms with van der Waals surface area (Å²) in [6, 6.07) is 4.26. The van der Waals surface area contributed by atoms with Crippen LogP contribution in [0, 0.1) is 5.82 Å². The molecule has 1 rings (SSSR count). The smallest absolute Gasteiger partial charge is 0.123 e. The molecule has 0 aliphatic heterocycles. The van der Waals surface area contributed by atoms with E-state index in [1.165, 1.54) is 12.1 Å². The van der Waals surface area contributed by atoms with Crippen molar-refractivity contribution >= 4 is 5.69 Å². The summed E-state index contributed by atoms with van der Waals surface area (Å²) in [5, 5.41) is 18.3. The number of rotatable bonds is 4. The van der Waals surface area contributed by atoms with Crippen LogP contribution in [0.3, 0.4) is 0 Å². The van der Waals surface area contributed by atoms with Crippen molar-refractivity contribution < 1.29 is 14.6 Å². The van der Waals surface area contributed by atoms with Crippen LogP contribution in [-0.2, 0) is 0 Å². The van der Waals surface area contributed by atoms with E-state index < -0.39 is 6.10 Å². The first-order valence-electron chi connectivity index (χ1n) is 4.85. The molecule has 84 valence electrons. The Hall–Kier alpha value is -1.13. The van der Waals surface area contributed by atoms with E-state index in [0.717, 1.165) is 5.69 Å². The molecular weight excluding hydrogens is 197 g/mol. The fourth-order valence-corrected chi connectivity index (χ4v) is 1.48. The van der Waals surface area contributed by atoms with Gasteiger partial charge in [0.2, 0.25) is 0 Å². The Bertz CT molecular complexity index is 328. The van der Waals surface area contributed by atoms with E-state index in [9.17, 15) is 9.50 Å². The van der Waals surface area contributed by atoms with Gasteiger partial charge in [-0.3, -0.25) is 0 Å². The molecule has 0 saturated carbocycles. The van der Waals surface area contributed by atoms with Crippen molar-refractivity contribution in [3.05, 3.63) is 29.6 Å². The van der Waals surface area contributed by atoms with Crippen LogP contribution in [0.4, 0.5) is 10.1 Å². The van der Waals surface area contributed by atoms with Crippen molar-refractivity contribution in [1.29, 1.82) is 0 Å². The van der Waals surface area contributed by atoms with Crippen LogP contribution in [0.2, 0.25) is 0 Å². The number of anilines is 1. The quantitative estimate of drug-likeness (QED) is 0.792. The molecule has 0 aliphatic carbocycles. The molecule has 3 nitrogen and oxygen atoms in total. The fraction of sp³-hybridized carbons (Fsp3) is 0.455. The topological polar surface area (TPSA) is 43.7 Å². The number of nitrogens with zero attached hydrogens (tertiary/aromatic N) is 1. The van der Waals surface area contributed by atoms with Gasteiger partial charge < -0.3 is 15.1 Å². The number of hydrogen-bond acceptors (Lipinski definition) is 3. The van der Waals surface area contributed by atoms with Crippen LogP contribution in [-0.4, -0.2) is 30.4 Å². The van der Waals surface area contributed by atoms with Gasteiger partial charge in [0.15, 0.2) is 0 Å². The minimum atomic E-state index is -0.725. The van der Waals surface area contributed by atoms with E-state index in [4.69, 9.17) is 5.11 Å². The van der Waals surface area contributed by atoms with Crippen molar-refractivity contribution in [2.24, 2.45) is 0 Å². The zero-order valence-corrected chi connectivity index (χ0v) is 8.94. The maximum Gasteiger partial charge on any atom is 0.123 e. The third-order valence-corrected chi connectivity index (χ3v) is 2.29. The highest BCUT2D eigenvalue weighted by atomic mass is 19.1. The molecule has 1 aromatic rings. The number of halogens is 1. The van der Waals surface area contributed by atoms with E-state index >= 15 is 0 Å². The molecule has 0 aliphatic rings. The number of aliphatic hydroxyl groups is 2. The van der Waals surface area contributed by atoms with Gasteiger partial charge in [-0.25, -0.2) is 4.39 Å². The van der Waals surface area contributed by atoms with Gasteiger partial charge in [-0.05, 0) is 25.1 Å². The first-order chi connectivity index (χ1) is 7.06. The monoisotopic (exact) mass is 213 g/mol. The minimum Gasteiger partial charge on any atom is -0.395 e. The van der Waals surface area contributed by atoms with Crippen molar-refractivity contribution in [1.82, 2.24) is 0 Å². The zero-order chi connectivity index (χ0) is 11.4. The second-order valence-corrected chi connectivity index (χ2v) is 3.52. The Labute approximate surface area is 88.8 Å². The molecule has 1 aromatic carbocycles.